The van der Waals surface area contributed by atoms with Crippen molar-refractivity contribution in [2.45, 2.75) is 44.8 Å². The van der Waals surface area contributed by atoms with Gasteiger partial charge in [0.15, 0.2) is 0 Å². The van der Waals surface area contributed by atoms with Crippen LogP contribution in [0.1, 0.15) is 31.2 Å². The van der Waals surface area contributed by atoms with E-state index in [1.165, 1.54) is 12.1 Å². The molecule has 0 heterocycles. The van der Waals surface area contributed by atoms with Crippen LogP contribution in [0.4, 0.5) is 23.2 Å². The molecule has 0 aromatic heterocycles. The Balaban J connectivity index is 1.92. The van der Waals surface area contributed by atoms with Gasteiger partial charge in [0.25, 0.3) is 0 Å². The Labute approximate surface area is 110 Å². The molecule has 0 radical (unpaired) electrons. The summed E-state index contributed by atoms with van der Waals surface area (Å²) in [5, 5.41) is 3.13. The van der Waals surface area contributed by atoms with Crippen LogP contribution in [-0.4, -0.2) is 12.2 Å². The topological polar surface area (TPSA) is 12.0 Å². The van der Waals surface area contributed by atoms with Crippen LogP contribution < -0.4 is 5.32 Å². The molecular weight excluding hydrogens is 258 g/mol. The van der Waals surface area contributed by atoms with Crippen LogP contribution in [0.3, 0.4) is 0 Å². The largest absolute Gasteiger partial charge is 0.391 e. The number of hydrogen-bond acceptors (Lipinski definition) is 1. The second-order valence-electron chi connectivity index (χ2n) is 5.25. The number of benzene rings is 1. The fourth-order valence-electron chi connectivity index (χ4n) is 2.62. The van der Waals surface area contributed by atoms with Gasteiger partial charge in [-0.05, 0) is 56.4 Å². The highest BCUT2D eigenvalue weighted by Crippen LogP contribution is 2.38. The van der Waals surface area contributed by atoms with Gasteiger partial charge in [-0.15, -0.1) is 0 Å². The standard InChI is InChI=1S/C14H17F4N/c1-9-6-11(15)8-13(7-9)19-12-4-2-10(3-5-12)14(16,17)18/h6-8,10,12,19H,2-5H2,1H3. The lowest BCUT2D eigenvalue weighted by Crippen LogP contribution is -2.32. The normalized spacial score (nSPS) is 24.3. The summed E-state index contributed by atoms with van der Waals surface area (Å²) in [6.45, 7) is 1.79. The summed E-state index contributed by atoms with van der Waals surface area (Å²) < 4.78 is 50.8. The number of nitrogens with one attached hydrogen (secondary N) is 1. The van der Waals surface area contributed by atoms with E-state index in [0.717, 1.165) is 5.56 Å². The van der Waals surface area contributed by atoms with Crippen molar-refractivity contribution in [3.63, 3.8) is 0 Å². The molecule has 1 nitrogen and oxygen atoms in total. The summed E-state index contributed by atoms with van der Waals surface area (Å²) >= 11 is 0. The third-order valence-electron chi connectivity index (χ3n) is 3.60. The van der Waals surface area contributed by atoms with E-state index in [1.807, 2.05) is 0 Å². The second-order valence-corrected chi connectivity index (χ2v) is 5.25. The van der Waals surface area contributed by atoms with Crippen LogP contribution in [0.2, 0.25) is 0 Å². The molecule has 0 atom stereocenters. The quantitative estimate of drug-likeness (QED) is 0.773. The van der Waals surface area contributed by atoms with Crippen molar-refractivity contribution < 1.29 is 17.6 Å². The third kappa shape index (κ3) is 3.85. The van der Waals surface area contributed by atoms with E-state index >= 15 is 0 Å². The van der Waals surface area contributed by atoms with E-state index in [9.17, 15) is 17.6 Å². The average Bonchev–Trinajstić information content (AvgIpc) is 2.26. The minimum absolute atomic E-state index is 0.000185. The van der Waals surface area contributed by atoms with Gasteiger partial charge in [0.05, 0.1) is 5.92 Å². The highest BCUT2D eigenvalue weighted by atomic mass is 19.4. The summed E-state index contributed by atoms with van der Waals surface area (Å²) in [6.07, 6.45) is -2.84. The molecule has 0 saturated heterocycles. The van der Waals surface area contributed by atoms with Crippen LogP contribution in [0.15, 0.2) is 18.2 Å². The molecule has 1 aromatic rings. The first-order chi connectivity index (χ1) is 8.84. The molecule has 1 fully saturated rings. The van der Waals surface area contributed by atoms with Gasteiger partial charge in [-0.3, -0.25) is 0 Å². The molecule has 1 saturated carbocycles. The molecule has 19 heavy (non-hydrogen) atoms. The van der Waals surface area contributed by atoms with E-state index in [4.69, 9.17) is 0 Å². The van der Waals surface area contributed by atoms with Crippen molar-refractivity contribution in [3.8, 4) is 0 Å². The molecule has 5 heteroatoms. The molecule has 0 bridgehead atoms. The minimum Gasteiger partial charge on any atom is -0.382 e. The van der Waals surface area contributed by atoms with Crippen LogP contribution in [0.25, 0.3) is 0 Å². The van der Waals surface area contributed by atoms with Gasteiger partial charge in [0.2, 0.25) is 0 Å². The van der Waals surface area contributed by atoms with E-state index in [1.54, 1.807) is 13.0 Å². The molecule has 1 aromatic carbocycles. The summed E-state index contributed by atoms with van der Waals surface area (Å²) in [5.41, 5.74) is 1.44. The fourth-order valence-corrected chi connectivity index (χ4v) is 2.62. The molecule has 0 spiro atoms. The Morgan fingerprint density at radius 2 is 1.68 bits per heavy atom. The van der Waals surface area contributed by atoms with Crippen LogP contribution in [-0.2, 0) is 0 Å². The van der Waals surface area contributed by atoms with Crippen molar-refractivity contribution >= 4 is 5.69 Å². The first kappa shape index (κ1) is 14.2. The Bertz CT molecular complexity index is 413. The average molecular weight is 275 g/mol. The molecule has 1 N–H and O–H groups in total. The van der Waals surface area contributed by atoms with Gasteiger partial charge in [0.1, 0.15) is 5.82 Å². The number of alkyl halides is 3. The summed E-state index contributed by atoms with van der Waals surface area (Å²) in [7, 11) is 0. The number of rotatable bonds is 2. The zero-order valence-corrected chi connectivity index (χ0v) is 10.7. The molecule has 1 aliphatic carbocycles. The maximum absolute atomic E-state index is 13.2. The zero-order chi connectivity index (χ0) is 14.0. The van der Waals surface area contributed by atoms with Crippen molar-refractivity contribution in [2.75, 3.05) is 5.32 Å². The summed E-state index contributed by atoms with van der Waals surface area (Å²) in [6, 6.07) is 4.60. The zero-order valence-electron chi connectivity index (χ0n) is 10.7. The van der Waals surface area contributed by atoms with E-state index in [-0.39, 0.29) is 24.7 Å². The van der Waals surface area contributed by atoms with E-state index in [0.29, 0.717) is 18.5 Å². The molecular formula is C14H17F4N. The van der Waals surface area contributed by atoms with E-state index in [2.05, 4.69) is 5.32 Å². The van der Waals surface area contributed by atoms with Crippen molar-refractivity contribution in [2.24, 2.45) is 5.92 Å². The Morgan fingerprint density at radius 1 is 1.05 bits per heavy atom. The molecule has 0 amide bonds. The van der Waals surface area contributed by atoms with Gasteiger partial charge < -0.3 is 5.32 Å². The molecule has 0 aliphatic heterocycles. The van der Waals surface area contributed by atoms with Crippen molar-refractivity contribution in [1.29, 1.82) is 0 Å². The SMILES string of the molecule is Cc1cc(F)cc(NC2CCC(C(F)(F)F)CC2)c1. The lowest BCUT2D eigenvalue weighted by atomic mass is 9.85. The summed E-state index contributed by atoms with van der Waals surface area (Å²) in [5.74, 6) is -1.51. The highest BCUT2D eigenvalue weighted by Gasteiger charge is 2.41. The second kappa shape index (κ2) is 5.39. The maximum Gasteiger partial charge on any atom is 0.391 e. The first-order valence-corrected chi connectivity index (χ1v) is 6.45. The Hall–Kier alpha value is -1.26. The smallest absolute Gasteiger partial charge is 0.382 e. The molecule has 0 unspecified atom stereocenters. The molecule has 2 rings (SSSR count). The predicted molar refractivity (Wildman–Crippen MR) is 66.6 cm³/mol. The summed E-state index contributed by atoms with van der Waals surface area (Å²) in [4.78, 5) is 0. The van der Waals surface area contributed by atoms with Gasteiger partial charge in [0, 0.05) is 11.7 Å². The minimum atomic E-state index is -4.08. The van der Waals surface area contributed by atoms with Crippen LogP contribution in [0.5, 0.6) is 0 Å². The Morgan fingerprint density at radius 3 is 2.21 bits per heavy atom. The van der Waals surface area contributed by atoms with Crippen molar-refractivity contribution in [3.05, 3.63) is 29.6 Å². The lowest BCUT2D eigenvalue weighted by molar-refractivity contribution is -0.182. The number of anilines is 1. The van der Waals surface area contributed by atoms with E-state index < -0.39 is 12.1 Å². The van der Waals surface area contributed by atoms with Gasteiger partial charge >= 0.3 is 6.18 Å². The third-order valence-corrected chi connectivity index (χ3v) is 3.60. The van der Waals surface area contributed by atoms with Crippen molar-refractivity contribution in [1.82, 2.24) is 0 Å². The fraction of sp³-hybridized carbons (Fsp3) is 0.571. The highest BCUT2D eigenvalue weighted by molar-refractivity contribution is 5.46. The van der Waals surface area contributed by atoms with Gasteiger partial charge in [-0.25, -0.2) is 4.39 Å². The lowest BCUT2D eigenvalue weighted by Gasteiger charge is -2.30. The van der Waals surface area contributed by atoms with Crippen LogP contribution >= 0.6 is 0 Å². The number of hydrogen-bond donors (Lipinski definition) is 1. The molecule has 1 aliphatic rings. The number of halogens is 4. The van der Waals surface area contributed by atoms with Gasteiger partial charge in [-0.1, -0.05) is 0 Å². The van der Waals surface area contributed by atoms with Crippen LogP contribution in [0, 0.1) is 18.7 Å². The van der Waals surface area contributed by atoms with Gasteiger partial charge in [-0.2, -0.15) is 13.2 Å². The Kier molecular flexibility index (Phi) is 4.02. The monoisotopic (exact) mass is 275 g/mol. The molecule has 106 valence electrons. The number of aryl methyl sites for hydroxylation is 1. The first-order valence-electron chi connectivity index (χ1n) is 6.45. The predicted octanol–water partition coefficient (Wildman–Crippen LogP) is 4.67. The maximum atomic E-state index is 13.2.